The summed E-state index contributed by atoms with van der Waals surface area (Å²) in [5.41, 5.74) is 23.7. The summed E-state index contributed by atoms with van der Waals surface area (Å²) < 4.78 is 21.7. The number of pyridine rings is 3. The van der Waals surface area contributed by atoms with Gasteiger partial charge in [0, 0.05) is 151 Å². The van der Waals surface area contributed by atoms with Crippen LogP contribution in [0.3, 0.4) is 0 Å². The van der Waals surface area contributed by atoms with Crippen LogP contribution in [0, 0.1) is 0 Å². The lowest BCUT2D eigenvalue weighted by Gasteiger charge is -2.29. The molecule has 23 heteroatoms. The van der Waals surface area contributed by atoms with Crippen LogP contribution in [0.4, 0.5) is 34.1 Å². The van der Waals surface area contributed by atoms with E-state index >= 15 is 0 Å². The third-order valence-electron chi connectivity index (χ3n) is 17.9. The van der Waals surface area contributed by atoms with Crippen LogP contribution in [0.15, 0.2) is 189 Å². The van der Waals surface area contributed by atoms with E-state index in [1.54, 1.807) is 53.5 Å². The van der Waals surface area contributed by atoms with Crippen molar-refractivity contribution in [1.29, 1.82) is 0 Å². The van der Waals surface area contributed by atoms with E-state index in [1.807, 2.05) is 42.5 Å². The molecule has 9 aromatic rings. The Labute approximate surface area is 578 Å². The minimum Gasteiger partial charge on any atom is -0.399 e. The second-order valence-corrected chi connectivity index (χ2v) is 27.9. The van der Waals surface area contributed by atoms with E-state index in [9.17, 15) is 24.0 Å². The fourth-order valence-corrected chi connectivity index (χ4v) is 16.7. The van der Waals surface area contributed by atoms with Crippen LogP contribution in [-0.2, 0) is 47.8 Å². The van der Waals surface area contributed by atoms with Crippen molar-refractivity contribution in [2.45, 2.75) is 48.6 Å². The number of carbonyl (C=O) groups is 2. The molecule has 7 aliphatic rings. The van der Waals surface area contributed by atoms with Gasteiger partial charge < -0.3 is 65.0 Å². The lowest BCUT2D eigenvalue weighted by molar-refractivity contribution is -0.118. The number of nitrogen functional groups attached to an aromatic ring is 1. The van der Waals surface area contributed by atoms with E-state index in [0.717, 1.165) is 165 Å². The molecule has 498 valence electrons. The first-order valence-electron chi connectivity index (χ1n) is 32.6. The molecule has 16 rings (SSSR count). The van der Waals surface area contributed by atoms with Gasteiger partial charge in [0.05, 0.1) is 76.5 Å². The highest BCUT2D eigenvalue weighted by Gasteiger charge is 2.27. The van der Waals surface area contributed by atoms with Gasteiger partial charge in [-0.1, -0.05) is 89.9 Å². The first-order chi connectivity index (χ1) is 47.4. The molecular formula is C74H73ClN10O9S3. The number of hydrogen-bond donors (Lipinski definition) is 6. The molecule has 7 aliphatic heterocycles. The van der Waals surface area contributed by atoms with Crippen molar-refractivity contribution in [3.05, 3.63) is 210 Å². The zero-order chi connectivity index (χ0) is 66.4. The van der Waals surface area contributed by atoms with E-state index in [1.165, 1.54) is 37.6 Å². The van der Waals surface area contributed by atoms with Crippen molar-refractivity contribution >= 4 is 92.8 Å². The highest BCUT2D eigenvalue weighted by Crippen LogP contribution is 2.48. The molecule has 4 fully saturated rings. The van der Waals surface area contributed by atoms with Crippen molar-refractivity contribution < 1.29 is 28.5 Å². The minimum absolute atomic E-state index is 0.00268. The number of morpholine rings is 4. The molecule has 19 nitrogen and oxygen atoms in total. The molecule has 0 saturated carbocycles. The van der Waals surface area contributed by atoms with Gasteiger partial charge in [-0.05, 0) is 125 Å². The summed E-state index contributed by atoms with van der Waals surface area (Å²) in [4.78, 5) is 86.5. The van der Waals surface area contributed by atoms with Crippen LogP contribution in [0.25, 0.3) is 33.8 Å². The van der Waals surface area contributed by atoms with Gasteiger partial charge in [-0.25, -0.2) is 0 Å². The number of nitrogens with zero attached hydrogens (tertiary/aromatic N) is 4. The molecule has 0 spiro atoms. The molecule has 10 heterocycles. The number of aromatic amines is 3. The lowest BCUT2D eigenvalue weighted by Crippen LogP contribution is -2.41. The van der Waals surface area contributed by atoms with Crippen LogP contribution in [0.2, 0.25) is 0 Å². The highest BCUT2D eigenvalue weighted by molar-refractivity contribution is 8.00. The number of nitrogens with two attached hydrogens (primary N) is 1. The Hall–Kier alpha value is -8.55. The number of amides is 2. The predicted octanol–water partition coefficient (Wildman–Crippen LogP) is 10.8. The second kappa shape index (κ2) is 30.1. The maximum Gasteiger partial charge on any atom is 0.250 e. The summed E-state index contributed by atoms with van der Waals surface area (Å²) in [6.07, 6.45) is 2.37. The van der Waals surface area contributed by atoms with E-state index in [2.05, 4.69) is 130 Å². The van der Waals surface area contributed by atoms with Gasteiger partial charge in [0.15, 0.2) is 0 Å². The fourth-order valence-electron chi connectivity index (χ4n) is 13.1. The quantitative estimate of drug-likeness (QED) is 0.0522. The average Bonchev–Trinajstić information content (AvgIpc) is 0.791. The number of carbonyl (C=O) groups excluding carboxylic acids is 2. The normalized spacial score (nSPS) is 16.3. The van der Waals surface area contributed by atoms with Gasteiger partial charge in [0.25, 0.3) is 0 Å². The Morgan fingerprint density at radius 2 is 0.773 bits per heavy atom. The Bertz CT molecular complexity index is 4620. The third-order valence-corrected chi connectivity index (χ3v) is 22.1. The van der Waals surface area contributed by atoms with Crippen LogP contribution in [-0.4, -0.2) is 149 Å². The summed E-state index contributed by atoms with van der Waals surface area (Å²) in [6, 6.07) is 48.1. The maximum absolute atomic E-state index is 12.6. The summed E-state index contributed by atoms with van der Waals surface area (Å²) in [7, 11) is 0. The first kappa shape index (κ1) is 65.7. The average molecular weight is 1380 g/mol. The van der Waals surface area contributed by atoms with E-state index < -0.39 is 0 Å². The Morgan fingerprint density at radius 1 is 0.423 bits per heavy atom. The smallest absolute Gasteiger partial charge is 0.250 e. The number of aromatic nitrogens is 3. The number of fused-ring (bicyclic) bond motifs is 6. The summed E-state index contributed by atoms with van der Waals surface area (Å²) in [5.74, 6) is -0.293. The highest BCUT2D eigenvalue weighted by atomic mass is 35.5. The molecular weight excluding hydrogens is 1300 g/mol. The van der Waals surface area contributed by atoms with Gasteiger partial charge in [-0.15, -0.1) is 11.6 Å². The zero-order valence-electron chi connectivity index (χ0n) is 53.3. The van der Waals surface area contributed by atoms with E-state index in [-0.39, 0.29) is 34.4 Å². The molecule has 0 atom stereocenters. The van der Waals surface area contributed by atoms with Crippen molar-refractivity contribution in [2.24, 2.45) is 0 Å². The fraction of sp³-hybridized carbons (Fsp3) is 0.284. The van der Waals surface area contributed by atoms with Gasteiger partial charge in [0.1, 0.15) is 5.88 Å². The monoisotopic (exact) mass is 1380 g/mol. The topological polar surface area (TPSA) is 233 Å². The molecule has 7 N–H and O–H groups in total. The Balaban J connectivity index is 0.000000126. The summed E-state index contributed by atoms with van der Waals surface area (Å²) >= 11 is 10.8. The van der Waals surface area contributed by atoms with Crippen LogP contribution in [0.1, 0.15) is 33.4 Å². The Kier molecular flexibility index (Phi) is 20.4. The molecule has 0 radical (unpaired) electrons. The molecule has 6 aromatic carbocycles. The standard InChI is InChI=1S/C28H30N4O4S.C24H22ClN3O3S.C22H21N3O2S/c33-26-17-22(32-8-12-36-13-9-32)16-24(30-26)23-3-1-2-19-14-20-15-21(4-5-25(20)37-28(19)23)29-27(34)18-31-6-10-35-11-7-31;25-14-23(30)26-17-4-5-21-16(11-17)10-15-2-1-3-19(24(15)32-21)20-12-18(13-22(29)27-20)28-6-8-31-9-7-28;23-16-4-5-20-15(11-16)10-14-2-1-3-18(22(14)28-20)19-12-17(13-21(26)24-19)25-6-8-27-9-7-25/h1-5,15-17H,6-14,18H2,(H,29,34)(H,30,33);1-5,11-13H,6-10,14H2,(H,26,30)(H,27,29);1-5,11-13H,6-10,23H2,(H,24,26). The minimum atomic E-state index is -0.220. The molecule has 0 bridgehead atoms. The number of rotatable bonds is 11. The molecule has 4 saturated heterocycles. The van der Waals surface area contributed by atoms with Gasteiger partial charge >= 0.3 is 0 Å². The zero-order valence-corrected chi connectivity index (χ0v) is 56.6. The number of alkyl halides is 1. The Morgan fingerprint density at radius 3 is 1.15 bits per heavy atom. The summed E-state index contributed by atoms with van der Waals surface area (Å²) in [6.45, 7) is 12.1. The van der Waals surface area contributed by atoms with Crippen molar-refractivity contribution in [2.75, 3.05) is 149 Å². The second-order valence-electron chi connectivity index (χ2n) is 24.5. The number of ether oxygens (including phenoxy) is 4. The number of hydrogen-bond acceptors (Lipinski definition) is 17. The number of anilines is 6. The number of H-pyrrole nitrogens is 3. The number of halogens is 1. The molecule has 0 unspecified atom stereocenters. The van der Waals surface area contributed by atoms with Gasteiger partial charge in [-0.3, -0.25) is 28.9 Å². The van der Waals surface area contributed by atoms with Gasteiger partial charge in [-0.2, -0.15) is 0 Å². The summed E-state index contributed by atoms with van der Waals surface area (Å²) in [5, 5.41) is 5.87. The van der Waals surface area contributed by atoms with E-state index in [4.69, 9.17) is 36.3 Å². The van der Waals surface area contributed by atoms with Crippen LogP contribution in [0.5, 0.6) is 0 Å². The number of nitrogens with one attached hydrogen (secondary N) is 5. The molecule has 3 aromatic heterocycles. The van der Waals surface area contributed by atoms with Gasteiger partial charge in [0.2, 0.25) is 28.5 Å². The lowest BCUT2D eigenvalue weighted by atomic mass is 9.99. The predicted molar refractivity (Wildman–Crippen MR) is 386 cm³/mol. The number of benzene rings is 6. The third kappa shape index (κ3) is 15.6. The first-order valence-corrected chi connectivity index (χ1v) is 35.6. The maximum atomic E-state index is 12.6. The van der Waals surface area contributed by atoms with Crippen LogP contribution < -0.4 is 47.7 Å². The largest absolute Gasteiger partial charge is 0.399 e. The molecule has 97 heavy (non-hydrogen) atoms. The molecule has 2 amide bonds. The van der Waals surface area contributed by atoms with Crippen molar-refractivity contribution in [1.82, 2.24) is 19.9 Å². The van der Waals surface area contributed by atoms with Crippen molar-refractivity contribution in [3.63, 3.8) is 0 Å². The molecule has 0 aliphatic carbocycles. The van der Waals surface area contributed by atoms with Crippen molar-refractivity contribution in [3.8, 4) is 33.8 Å². The SMILES string of the molecule is Nc1ccc2c(c1)Cc1cccc(-c3cc(N4CCOCC4)cc(=O)[nH]3)c1S2.O=C(CCl)Nc1ccc2c(c1)Cc1cccc(-c3cc(N4CCOCC4)cc(=O)[nH]3)c1S2.O=C(CN1CCOCC1)Nc1ccc2c(c1)Cc1cccc(-c3cc(N4CCOCC4)cc(=O)[nH]3)c1S2. The van der Waals surface area contributed by atoms with Crippen LogP contribution >= 0.6 is 46.9 Å². The van der Waals surface area contributed by atoms with E-state index in [0.29, 0.717) is 59.4 Å².